The van der Waals surface area contributed by atoms with Crippen LogP contribution in [0.25, 0.3) is 5.69 Å². The maximum absolute atomic E-state index is 13.8. The Kier molecular flexibility index (Phi) is 12.0. The highest BCUT2D eigenvalue weighted by Crippen LogP contribution is 2.25. The molecule has 3 aromatic carbocycles. The van der Waals surface area contributed by atoms with Crippen molar-refractivity contribution in [3.8, 4) is 22.9 Å². The van der Waals surface area contributed by atoms with Crippen LogP contribution in [0.2, 0.25) is 0 Å². The number of H-pyrrole nitrogens is 1. The van der Waals surface area contributed by atoms with Crippen LogP contribution in [-0.4, -0.2) is 49.2 Å². The average molecular weight is 722 g/mol. The molecule has 4 amide bonds. The van der Waals surface area contributed by atoms with Gasteiger partial charge >= 0.3 is 12.1 Å². The lowest BCUT2D eigenvalue weighted by atomic mass is 9.92. The molecule has 0 aliphatic carbocycles. The van der Waals surface area contributed by atoms with Gasteiger partial charge in [-0.05, 0) is 67.1 Å². The molecule has 14 nitrogen and oxygen atoms in total. The number of aromatic amines is 1. The number of anilines is 4. The Morgan fingerprint density at radius 1 is 0.849 bits per heavy atom. The minimum atomic E-state index is -0.577. The standard InChI is InChI=1S/C23H21N5O3.C15H19FN4O2/c1-16-13-21(9-11-24-16)31-20-7-5-18(6-8-20)26-23(30)27-22-10-12-25-28(22)19-4-2-3-17(14-19)15-29;1-15(2,3)12-8-13(20-19-12)18-14(21)17-11-6-5-9(22-4)7-10(11)16/h2-14,29H,15H2,1H3,(H2,26,27,30);5-8H,1-4H3,(H3,17,18,19,20,21). The zero-order valence-electron chi connectivity index (χ0n) is 29.8. The molecule has 53 heavy (non-hydrogen) atoms. The van der Waals surface area contributed by atoms with Gasteiger partial charge in [0.15, 0.2) is 5.82 Å². The summed E-state index contributed by atoms with van der Waals surface area (Å²) in [6.45, 7) is 7.90. The molecule has 0 spiro atoms. The summed E-state index contributed by atoms with van der Waals surface area (Å²) in [7, 11) is 1.44. The molecule has 0 atom stereocenters. The molecule has 0 fully saturated rings. The van der Waals surface area contributed by atoms with Crippen LogP contribution >= 0.6 is 0 Å². The summed E-state index contributed by atoms with van der Waals surface area (Å²) in [6, 6.07) is 24.6. The number of nitrogens with one attached hydrogen (secondary N) is 5. The minimum absolute atomic E-state index is 0.0601. The smallest absolute Gasteiger partial charge is 0.324 e. The molecule has 0 aliphatic rings. The van der Waals surface area contributed by atoms with Crippen molar-refractivity contribution >= 4 is 35.1 Å². The van der Waals surface area contributed by atoms with Gasteiger partial charge in [-0.25, -0.2) is 18.7 Å². The normalized spacial score (nSPS) is 10.8. The van der Waals surface area contributed by atoms with Gasteiger partial charge in [0, 0.05) is 53.0 Å². The molecule has 15 heteroatoms. The molecule has 3 aromatic heterocycles. The summed E-state index contributed by atoms with van der Waals surface area (Å²) in [5, 5.41) is 31.0. The molecule has 6 aromatic rings. The summed E-state index contributed by atoms with van der Waals surface area (Å²) in [6.07, 6.45) is 3.28. The molecule has 6 N–H and O–H groups in total. The zero-order valence-corrected chi connectivity index (χ0v) is 29.8. The number of carbonyl (C=O) groups excluding carboxylic acids is 2. The van der Waals surface area contributed by atoms with Gasteiger partial charge in [0.05, 0.1) is 31.3 Å². The van der Waals surface area contributed by atoms with E-state index in [9.17, 15) is 19.1 Å². The van der Waals surface area contributed by atoms with E-state index in [1.165, 1.54) is 19.2 Å². The Morgan fingerprint density at radius 2 is 1.60 bits per heavy atom. The number of amides is 4. The van der Waals surface area contributed by atoms with Gasteiger partial charge in [0.2, 0.25) is 0 Å². The summed E-state index contributed by atoms with van der Waals surface area (Å²) >= 11 is 0. The Labute approximate surface area is 305 Å². The largest absolute Gasteiger partial charge is 0.497 e. The molecule has 0 unspecified atom stereocenters. The molecule has 0 saturated carbocycles. The SMILES string of the molecule is COc1ccc(NC(=O)Nc2cc(C(C)(C)C)[nH]n2)c(F)c1.Cc1cc(Oc2ccc(NC(=O)Nc3ccnn3-c3cccc(CO)c3)cc2)ccn1. The van der Waals surface area contributed by atoms with Gasteiger partial charge in [-0.3, -0.25) is 20.7 Å². The van der Waals surface area contributed by atoms with E-state index in [1.54, 1.807) is 71.7 Å². The predicted molar refractivity (Wildman–Crippen MR) is 200 cm³/mol. The van der Waals surface area contributed by atoms with Gasteiger partial charge in [0.25, 0.3) is 0 Å². The second-order valence-electron chi connectivity index (χ2n) is 12.6. The molecular formula is C38H40FN9O5. The van der Waals surface area contributed by atoms with Crippen molar-refractivity contribution in [3.05, 3.63) is 126 Å². The van der Waals surface area contributed by atoms with Crippen LogP contribution in [0.4, 0.5) is 37.0 Å². The lowest BCUT2D eigenvalue weighted by Gasteiger charge is -2.14. The third kappa shape index (κ3) is 10.6. The first kappa shape index (κ1) is 37.5. The first-order chi connectivity index (χ1) is 25.4. The van der Waals surface area contributed by atoms with Crippen molar-refractivity contribution in [2.75, 3.05) is 28.4 Å². The van der Waals surface area contributed by atoms with Crippen LogP contribution in [0, 0.1) is 12.7 Å². The third-order valence-corrected chi connectivity index (χ3v) is 7.49. The van der Waals surface area contributed by atoms with E-state index >= 15 is 0 Å². The molecule has 0 saturated heterocycles. The Hall–Kier alpha value is -6.74. The quantitative estimate of drug-likeness (QED) is 0.0869. The lowest BCUT2D eigenvalue weighted by molar-refractivity contribution is 0.261. The van der Waals surface area contributed by atoms with Crippen LogP contribution in [0.3, 0.4) is 0 Å². The zero-order chi connectivity index (χ0) is 38.0. The maximum atomic E-state index is 13.8. The fourth-order valence-corrected chi connectivity index (χ4v) is 4.76. The molecule has 274 valence electrons. The van der Waals surface area contributed by atoms with Gasteiger partial charge in [-0.15, -0.1) is 0 Å². The Balaban J connectivity index is 0.000000217. The highest BCUT2D eigenvalue weighted by atomic mass is 19.1. The number of halogens is 1. The Morgan fingerprint density at radius 3 is 2.28 bits per heavy atom. The summed E-state index contributed by atoms with van der Waals surface area (Å²) in [5.41, 5.74) is 3.82. The van der Waals surface area contributed by atoms with Gasteiger partial charge in [-0.1, -0.05) is 32.9 Å². The van der Waals surface area contributed by atoms with Gasteiger partial charge in [0.1, 0.15) is 28.9 Å². The van der Waals surface area contributed by atoms with Crippen LogP contribution in [-0.2, 0) is 12.0 Å². The number of rotatable bonds is 9. The lowest BCUT2D eigenvalue weighted by Crippen LogP contribution is -2.21. The first-order valence-electron chi connectivity index (χ1n) is 16.4. The van der Waals surface area contributed by atoms with Crippen molar-refractivity contribution in [1.82, 2.24) is 25.0 Å². The molecule has 0 radical (unpaired) electrons. The number of hydrogen-bond donors (Lipinski definition) is 6. The van der Waals surface area contributed by atoms with Crippen LogP contribution in [0.1, 0.15) is 37.7 Å². The Bertz CT molecular complexity index is 2160. The molecule has 6 rings (SSSR count). The number of hydrogen-bond acceptors (Lipinski definition) is 8. The van der Waals surface area contributed by atoms with Crippen molar-refractivity contribution in [2.24, 2.45) is 0 Å². The van der Waals surface area contributed by atoms with E-state index in [-0.39, 0.29) is 17.7 Å². The topological polar surface area (TPSA) is 180 Å². The minimum Gasteiger partial charge on any atom is -0.497 e. The number of nitrogens with zero attached hydrogens (tertiary/aromatic N) is 4. The molecule has 3 heterocycles. The number of ether oxygens (including phenoxy) is 2. The van der Waals surface area contributed by atoms with E-state index in [0.717, 1.165) is 22.6 Å². The molecular weight excluding hydrogens is 681 g/mol. The summed E-state index contributed by atoms with van der Waals surface area (Å²) in [4.78, 5) is 28.5. The number of aromatic nitrogens is 5. The van der Waals surface area contributed by atoms with Crippen LogP contribution in [0.15, 0.2) is 103 Å². The second-order valence-corrected chi connectivity index (χ2v) is 12.6. The predicted octanol–water partition coefficient (Wildman–Crippen LogP) is 8.00. The highest BCUT2D eigenvalue weighted by molar-refractivity contribution is 6.00. The number of aliphatic hydroxyl groups is 1. The van der Waals surface area contributed by atoms with Crippen LogP contribution < -0.4 is 30.7 Å². The number of pyridine rings is 1. The second kappa shape index (κ2) is 17.0. The number of benzene rings is 3. The van der Waals surface area contributed by atoms with Crippen molar-refractivity contribution in [3.63, 3.8) is 0 Å². The average Bonchev–Trinajstić information content (AvgIpc) is 3.80. The summed E-state index contributed by atoms with van der Waals surface area (Å²) < 4.78 is 26.0. The number of aliphatic hydroxyl groups excluding tert-OH is 1. The van der Waals surface area contributed by atoms with Crippen LogP contribution in [0.5, 0.6) is 17.2 Å². The van der Waals surface area contributed by atoms with E-state index in [4.69, 9.17) is 9.47 Å². The fourth-order valence-electron chi connectivity index (χ4n) is 4.76. The van der Waals surface area contributed by atoms with E-state index < -0.39 is 17.9 Å². The van der Waals surface area contributed by atoms with E-state index in [1.807, 2.05) is 52.0 Å². The monoisotopic (exact) mass is 721 g/mol. The molecule has 0 bridgehead atoms. The summed E-state index contributed by atoms with van der Waals surface area (Å²) in [5.74, 6) is 2.03. The van der Waals surface area contributed by atoms with Crippen molar-refractivity contribution < 1.29 is 28.6 Å². The number of carbonyl (C=O) groups is 2. The molecule has 0 aliphatic heterocycles. The maximum Gasteiger partial charge on any atom is 0.324 e. The number of methoxy groups -OCH3 is 1. The van der Waals surface area contributed by atoms with Gasteiger partial charge < -0.3 is 25.2 Å². The number of aryl methyl sites for hydroxylation is 1. The van der Waals surface area contributed by atoms with Crippen molar-refractivity contribution in [2.45, 2.75) is 39.7 Å². The van der Waals surface area contributed by atoms with Gasteiger partial charge in [-0.2, -0.15) is 10.2 Å². The van der Waals surface area contributed by atoms with E-state index in [0.29, 0.717) is 34.6 Å². The fraction of sp³-hybridized carbons (Fsp3) is 0.184. The first-order valence-corrected chi connectivity index (χ1v) is 16.4. The van der Waals surface area contributed by atoms with Crippen molar-refractivity contribution in [1.29, 1.82) is 0 Å². The highest BCUT2D eigenvalue weighted by Gasteiger charge is 2.18. The number of urea groups is 2. The van der Waals surface area contributed by atoms with E-state index in [2.05, 4.69) is 41.5 Å². The third-order valence-electron chi connectivity index (χ3n) is 7.49.